The van der Waals surface area contributed by atoms with Crippen molar-refractivity contribution < 1.29 is 0 Å². The summed E-state index contributed by atoms with van der Waals surface area (Å²) in [5.41, 5.74) is 2.26. The highest BCUT2D eigenvalue weighted by atomic mass is 79.9. The first-order valence-corrected chi connectivity index (χ1v) is 7.90. The SMILES string of the molecule is CCNc1ncc(Br)c(NCCCn2nc(C)cc2C)n1. The molecule has 6 nitrogen and oxygen atoms in total. The van der Waals surface area contributed by atoms with Gasteiger partial charge in [0.25, 0.3) is 0 Å². The molecule has 0 bridgehead atoms. The third kappa shape index (κ3) is 4.42. The van der Waals surface area contributed by atoms with Gasteiger partial charge in [-0.3, -0.25) is 4.68 Å². The monoisotopic (exact) mass is 352 g/mol. The molecule has 0 amide bonds. The summed E-state index contributed by atoms with van der Waals surface area (Å²) in [5.74, 6) is 1.45. The molecule has 0 saturated heterocycles. The Labute approximate surface area is 133 Å². The highest BCUT2D eigenvalue weighted by Gasteiger charge is 2.05. The number of halogens is 1. The summed E-state index contributed by atoms with van der Waals surface area (Å²) in [5, 5.41) is 10.9. The van der Waals surface area contributed by atoms with Crippen LogP contribution in [-0.4, -0.2) is 32.8 Å². The van der Waals surface area contributed by atoms with E-state index < -0.39 is 0 Å². The molecule has 7 heteroatoms. The molecule has 2 heterocycles. The van der Waals surface area contributed by atoms with Gasteiger partial charge in [-0.1, -0.05) is 0 Å². The van der Waals surface area contributed by atoms with Crippen molar-refractivity contribution in [2.45, 2.75) is 33.7 Å². The molecule has 114 valence electrons. The number of aromatic nitrogens is 4. The average Bonchev–Trinajstić information content (AvgIpc) is 2.76. The number of nitrogens with one attached hydrogen (secondary N) is 2. The molecule has 2 rings (SSSR count). The summed E-state index contributed by atoms with van der Waals surface area (Å²) < 4.78 is 2.91. The van der Waals surface area contributed by atoms with E-state index in [0.29, 0.717) is 5.95 Å². The van der Waals surface area contributed by atoms with E-state index in [1.165, 1.54) is 5.69 Å². The first-order chi connectivity index (χ1) is 10.1. The van der Waals surface area contributed by atoms with E-state index in [1.807, 2.05) is 18.5 Å². The molecule has 21 heavy (non-hydrogen) atoms. The number of anilines is 2. The highest BCUT2D eigenvalue weighted by Crippen LogP contribution is 2.20. The van der Waals surface area contributed by atoms with E-state index in [2.05, 4.69) is 54.6 Å². The predicted octanol–water partition coefficient (Wildman–Crippen LogP) is 2.99. The Kier molecular flexibility index (Phi) is 5.55. The van der Waals surface area contributed by atoms with Crippen LogP contribution in [0.15, 0.2) is 16.7 Å². The van der Waals surface area contributed by atoms with Crippen molar-refractivity contribution in [2.75, 3.05) is 23.7 Å². The Bertz CT molecular complexity index is 595. The van der Waals surface area contributed by atoms with Crippen LogP contribution in [0.5, 0.6) is 0 Å². The van der Waals surface area contributed by atoms with Crippen molar-refractivity contribution in [3.05, 3.63) is 28.1 Å². The van der Waals surface area contributed by atoms with E-state index >= 15 is 0 Å². The van der Waals surface area contributed by atoms with Crippen LogP contribution in [0.3, 0.4) is 0 Å². The molecule has 0 aliphatic rings. The number of hydrogen-bond donors (Lipinski definition) is 2. The molecule has 2 N–H and O–H groups in total. The normalized spacial score (nSPS) is 10.7. The second-order valence-corrected chi connectivity index (χ2v) is 5.71. The topological polar surface area (TPSA) is 67.7 Å². The summed E-state index contributed by atoms with van der Waals surface area (Å²) in [7, 11) is 0. The van der Waals surface area contributed by atoms with Crippen molar-refractivity contribution in [1.29, 1.82) is 0 Å². The van der Waals surface area contributed by atoms with Gasteiger partial charge in [0.1, 0.15) is 5.82 Å². The molecule has 0 aliphatic carbocycles. The molecule has 0 radical (unpaired) electrons. The maximum atomic E-state index is 4.45. The molecule has 0 unspecified atom stereocenters. The van der Waals surface area contributed by atoms with Gasteiger partial charge in [0, 0.05) is 31.5 Å². The summed E-state index contributed by atoms with van der Waals surface area (Å²) in [6.45, 7) is 8.65. The molecule has 2 aromatic rings. The van der Waals surface area contributed by atoms with Crippen LogP contribution >= 0.6 is 15.9 Å². The van der Waals surface area contributed by atoms with Crippen molar-refractivity contribution in [1.82, 2.24) is 19.7 Å². The molecule has 0 spiro atoms. The van der Waals surface area contributed by atoms with E-state index in [4.69, 9.17) is 0 Å². The lowest BCUT2D eigenvalue weighted by Gasteiger charge is -2.10. The van der Waals surface area contributed by atoms with Gasteiger partial charge in [0.05, 0.1) is 10.2 Å². The molecule has 0 atom stereocenters. The first kappa shape index (κ1) is 15.8. The minimum absolute atomic E-state index is 0.641. The van der Waals surface area contributed by atoms with Gasteiger partial charge < -0.3 is 10.6 Å². The van der Waals surface area contributed by atoms with Crippen LogP contribution in [0, 0.1) is 13.8 Å². The fourth-order valence-corrected chi connectivity index (χ4v) is 2.40. The minimum Gasteiger partial charge on any atom is -0.369 e. The van der Waals surface area contributed by atoms with Crippen LogP contribution < -0.4 is 10.6 Å². The van der Waals surface area contributed by atoms with Gasteiger partial charge in [-0.2, -0.15) is 10.1 Å². The van der Waals surface area contributed by atoms with Crippen LogP contribution in [-0.2, 0) is 6.54 Å². The zero-order valence-electron chi connectivity index (χ0n) is 12.6. The Balaban J connectivity index is 1.85. The van der Waals surface area contributed by atoms with Crippen LogP contribution in [0.25, 0.3) is 0 Å². The quantitative estimate of drug-likeness (QED) is 0.749. The maximum Gasteiger partial charge on any atom is 0.224 e. The third-order valence-electron chi connectivity index (χ3n) is 3.02. The molecular weight excluding hydrogens is 332 g/mol. The lowest BCUT2D eigenvalue weighted by molar-refractivity contribution is 0.573. The predicted molar refractivity (Wildman–Crippen MR) is 88.7 cm³/mol. The van der Waals surface area contributed by atoms with Gasteiger partial charge in [-0.05, 0) is 49.2 Å². The molecule has 0 fully saturated rings. The zero-order chi connectivity index (χ0) is 15.2. The Morgan fingerprint density at radius 3 is 2.76 bits per heavy atom. The van der Waals surface area contributed by atoms with Crippen molar-refractivity contribution in [2.24, 2.45) is 0 Å². The number of aryl methyl sites for hydroxylation is 3. The highest BCUT2D eigenvalue weighted by molar-refractivity contribution is 9.10. The van der Waals surface area contributed by atoms with E-state index in [1.54, 1.807) is 6.20 Å². The number of hydrogen-bond acceptors (Lipinski definition) is 5. The Hall–Kier alpha value is -1.63. The van der Waals surface area contributed by atoms with Crippen LogP contribution in [0.1, 0.15) is 24.7 Å². The van der Waals surface area contributed by atoms with Gasteiger partial charge in [0.15, 0.2) is 0 Å². The van der Waals surface area contributed by atoms with Crippen molar-refractivity contribution >= 4 is 27.7 Å². The van der Waals surface area contributed by atoms with Gasteiger partial charge in [0.2, 0.25) is 5.95 Å². The Morgan fingerprint density at radius 2 is 2.10 bits per heavy atom. The third-order valence-corrected chi connectivity index (χ3v) is 3.60. The minimum atomic E-state index is 0.641. The first-order valence-electron chi connectivity index (χ1n) is 7.11. The van der Waals surface area contributed by atoms with E-state index in [-0.39, 0.29) is 0 Å². The molecule has 0 aromatic carbocycles. The fraction of sp³-hybridized carbons (Fsp3) is 0.500. The summed E-state index contributed by atoms with van der Waals surface area (Å²) >= 11 is 3.46. The Morgan fingerprint density at radius 1 is 1.29 bits per heavy atom. The largest absolute Gasteiger partial charge is 0.369 e. The summed E-state index contributed by atoms with van der Waals surface area (Å²) in [6, 6.07) is 2.09. The smallest absolute Gasteiger partial charge is 0.224 e. The zero-order valence-corrected chi connectivity index (χ0v) is 14.2. The lowest BCUT2D eigenvalue weighted by Crippen LogP contribution is -2.11. The average molecular weight is 353 g/mol. The van der Waals surface area contributed by atoms with Crippen LogP contribution in [0.2, 0.25) is 0 Å². The van der Waals surface area contributed by atoms with Gasteiger partial charge >= 0.3 is 0 Å². The summed E-state index contributed by atoms with van der Waals surface area (Å²) in [4.78, 5) is 8.62. The molecule has 0 aliphatic heterocycles. The lowest BCUT2D eigenvalue weighted by atomic mass is 10.4. The molecular formula is C14H21BrN6. The molecule has 0 saturated carbocycles. The van der Waals surface area contributed by atoms with Gasteiger partial charge in [-0.25, -0.2) is 4.98 Å². The van der Waals surface area contributed by atoms with Crippen molar-refractivity contribution in [3.8, 4) is 0 Å². The second kappa shape index (κ2) is 7.40. The summed E-state index contributed by atoms with van der Waals surface area (Å²) in [6.07, 6.45) is 2.74. The number of rotatable bonds is 7. The molecule has 2 aromatic heterocycles. The van der Waals surface area contributed by atoms with Crippen LogP contribution in [0.4, 0.5) is 11.8 Å². The van der Waals surface area contributed by atoms with Crippen molar-refractivity contribution in [3.63, 3.8) is 0 Å². The number of nitrogens with zero attached hydrogens (tertiary/aromatic N) is 4. The fourth-order valence-electron chi connectivity index (χ4n) is 2.07. The van der Waals surface area contributed by atoms with Gasteiger partial charge in [-0.15, -0.1) is 0 Å². The maximum absolute atomic E-state index is 4.45. The standard InChI is InChI=1S/C14H21BrN6/c1-4-16-14-18-9-12(15)13(19-14)17-6-5-7-21-11(3)8-10(2)20-21/h8-9H,4-7H2,1-3H3,(H2,16,17,18,19). The second-order valence-electron chi connectivity index (χ2n) is 4.85. The van der Waals surface area contributed by atoms with E-state index in [9.17, 15) is 0 Å². The van der Waals surface area contributed by atoms with E-state index in [0.717, 1.165) is 42.0 Å².